The van der Waals surface area contributed by atoms with Gasteiger partial charge in [-0.05, 0) is 25.8 Å². The van der Waals surface area contributed by atoms with Crippen molar-refractivity contribution in [1.82, 2.24) is 24.8 Å². The second kappa shape index (κ2) is 8.57. The quantitative estimate of drug-likeness (QED) is 0.641. The highest BCUT2D eigenvalue weighted by atomic mass is 32.1. The van der Waals surface area contributed by atoms with Gasteiger partial charge in [-0.25, -0.2) is 15.0 Å². The molecule has 0 spiro atoms. The maximum Gasteiger partial charge on any atom is 0.246 e. The smallest absolute Gasteiger partial charge is 0.246 e. The fourth-order valence-electron chi connectivity index (χ4n) is 3.14. The molecule has 3 aromatic rings. The molecule has 7 nitrogen and oxygen atoms in total. The number of aromatic nitrogens is 4. The Morgan fingerprint density at radius 3 is 3.00 bits per heavy atom. The topological polar surface area (TPSA) is 83.9 Å². The van der Waals surface area contributed by atoms with Gasteiger partial charge in [0.1, 0.15) is 0 Å². The Balaban J connectivity index is 1.38. The zero-order valence-corrected chi connectivity index (χ0v) is 17.0. The van der Waals surface area contributed by atoms with Crippen molar-refractivity contribution in [2.24, 2.45) is 0 Å². The summed E-state index contributed by atoms with van der Waals surface area (Å²) in [6, 6.07) is 0. The van der Waals surface area contributed by atoms with Crippen molar-refractivity contribution in [3.8, 4) is 0 Å². The SMILES string of the molecule is Cc1nc(/C=C/C(=O)N2CCC[C@H](c3csc(Nc4cnccn4)n3)C2)cs1. The molecule has 1 aliphatic heterocycles. The predicted molar refractivity (Wildman–Crippen MR) is 112 cm³/mol. The van der Waals surface area contributed by atoms with Crippen LogP contribution in [0.5, 0.6) is 0 Å². The Kier molecular flexibility index (Phi) is 5.73. The Morgan fingerprint density at radius 2 is 2.21 bits per heavy atom. The lowest BCUT2D eigenvalue weighted by Crippen LogP contribution is -2.38. The summed E-state index contributed by atoms with van der Waals surface area (Å²) < 4.78 is 0. The van der Waals surface area contributed by atoms with E-state index in [1.807, 2.05) is 17.2 Å². The largest absolute Gasteiger partial charge is 0.338 e. The number of thiazole rings is 2. The van der Waals surface area contributed by atoms with E-state index in [-0.39, 0.29) is 11.8 Å². The van der Waals surface area contributed by atoms with Crippen LogP contribution in [-0.4, -0.2) is 43.8 Å². The van der Waals surface area contributed by atoms with Gasteiger partial charge < -0.3 is 10.2 Å². The average Bonchev–Trinajstić information content (AvgIpc) is 3.36. The molecule has 4 heterocycles. The molecule has 1 aliphatic rings. The number of nitrogens with zero attached hydrogens (tertiary/aromatic N) is 5. The third-order valence-corrected chi connectivity index (χ3v) is 6.07. The van der Waals surface area contributed by atoms with Gasteiger partial charge in [-0.15, -0.1) is 22.7 Å². The van der Waals surface area contributed by atoms with Crippen molar-refractivity contribution in [2.75, 3.05) is 18.4 Å². The maximum absolute atomic E-state index is 12.6. The van der Waals surface area contributed by atoms with Crippen LogP contribution >= 0.6 is 22.7 Å². The minimum Gasteiger partial charge on any atom is -0.338 e. The number of carbonyl (C=O) groups excluding carboxylic acids is 1. The molecule has 144 valence electrons. The van der Waals surface area contributed by atoms with Crippen LogP contribution in [0.4, 0.5) is 10.9 Å². The van der Waals surface area contributed by atoms with E-state index >= 15 is 0 Å². The standard InChI is InChI=1S/C19H20N6OS2/c1-13-22-15(11-27-13)4-5-18(26)25-8-2-3-14(10-25)16-12-28-19(23-16)24-17-9-20-6-7-21-17/h4-7,9,11-12,14H,2-3,8,10H2,1H3,(H,21,23,24)/b5-4+/t14-/m0/s1. The van der Waals surface area contributed by atoms with Gasteiger partial charge in [0.25, 0.3) is 0 Å². The Hall–Kier alpha value is -2.65. The number of carbonyl (C=O) groups is 1. The van der Waals surface area contributed by atoms with Gasteiger partial charge in [0.15, 0.2) is 10.9 Å². The van der Waals surface area contributed by atoms with Gasteiger partial charge in [-0.3, -0.25) is 9.78 Å². The van der Waals surface area contributed by atoms with Gasteiger partial charge in [-0.1, -0.05) is 0 Å². The molecular formula is C19H20N6OS2. The molecule has 0 saturated carbocycles. The van der Waals surface area contributed by atoms with E-state index in [2.05, 4.69) is 25.6 Å². The third kappa shape index (κ3) is 4.60. The van der Waals surface area contributed by atoms with Crippen molar-refractivity contribution in [1.29, 1.82) is 0 Å². The van der Waals surface area contributed by atoms with Gasteiger partial charge in [0, 0.05) is 48.2 Å². The van der Waals surface area contributed by atoms with Gasteiger partial charge in [-0.2, -0.15) is 0 Å². The molecule has 1 saturated heterocycles. The van der Waals surface area contributed by atoms with Crippen LogP contribution in [0.25, 0.3) is 6.08 Å². The molecule has 0 aliphatic carbocycles. The molecule has 1 amide bonds. The molecule has 0 unspecified atom stereocenters. The maximum atomic E-state index is 12.6. The van der Waals surface area contributed by atoms with Crippen LogP contribution in [-0.2, 0) is 4.79 Å². The molecule has 28 heavy (non-hydrogen) atoms. The lowest BCUT2D eigenvalue weighted by Gasteiger charge is -2.31. The molecule has 3 aromatic heterocycles. The van der Waals surface area contributed by atoms with Gasteiger partial charge in [0.05, 0.1) is 22.6 Å². The second-order valence-electron chi connectivity index (χ2n) is 6.54. The molecule has 0 aromatic carbocycles. The van der Waals surface area contributed by atoms with Crippen LogP contribution in [0.3, 0.4) is 0 Å². The highest BCUT2D eigenvalue weighted by Gasteiger charge is 2.25. The predicted octanol–water partition coefficient (Wildman–Crippen LogP) is 3.86. The first kappa shape index (κ1) is 18.7. The van der Waals surface area contributed by atoms with E-state index in [1.165, 1.54) is 0 Å². The number of rotatable bonds is 5. The van der Waals surface area contributed by atoms with Gasteiger partial charge >= 0.3 is 0 Å². The zero-order valence-electron chi connectivity index (χ0n) is 15.4. The van der Waals surface area contributed by atoms with Gasteiger partial charge in [0.2, 0.25) is 5.91 Å². The number of amides is 1. The lowest BCUT2D eigenvalue weighted by atomic mass is 9.95. The fourth-order valence-corrected chi connectivity index (χ4v) is 4.52. The molecule has 4 rings (SSSR count). The molecule has 1 fully saturated rings. The number of hydrogen-bond acceptors (Lipinski definition) is 8. The van der Waals surface area contributed by atoms with E-state index in [1.54, 1.807) is 53.4 Å². The summed E-state index contributed by atoms with van der Waals surface area (Å²) in [6.07, 6.45) is 10.4. The molecule has 9 heteroatoms. The third-order valence-electron chi connectivity index (χ3n) is 4.50. The van der Waals surface area contributed by atoms with Crippen LogP contribution in [0.2, 0.25) is 0 Å². The monoisotopic (exact) mass is 412 g/mol. The van der Waals surface area contributed by atoms with E-state index in [0.29, 0.717) is 12.4 Å². The molecule has 1 atom stereocenters. The van der Waals surface area contributed by atoms with E-state index in [4.69, 9.17) is 4.98 Å². The minimum absolute atomic E-state index is 0.0310. The number of anilines is 2. The first-order chi connectivity index (χ1) is 13.7. The van der Waals surface area contributed by atoms with Crippen molar-refractivity contribution in [3.63, 3.8) is 0 Å². The van der Waals surface area contributed by atoms with Crippen LogP contribution in [0, 0.1) is 6.92 Å². The normalized spacial score (nSPS) is 17.2. The number of likely N-dealkylation sites (tertiary alicyclic amines) is 1. The average molecular weight is 413 g/mol. The fraction of sp³-hybridized carbons (Fsp3) is 0.316. The Morgan fingerprint density at radius 1 is 1.29 bits per heavy atom. The highest BCUT2D eigenvalue weighted by molar-refractivity contribution is 7.13. The number of hydrogen-bond donors (Lipinski definition) is 1. The van der Waals surface area contributed by atoms with Crippen LogP contribution in [0.15, 0.2) is 35.4 Å². The van der Waals surface area contributed by atoms with Crippen molar-refractivity contribution in [3.05, 3.63) is 51.8 Å². The highest BCUT2D eigenvalue weighted by Crippen LogP contribution is 2.30. The van der Waals surface area contributed by atoms with Crippen LogP contribution < -0.4 is 5.32 Å². The molecule has 0 radical (unpaired) electrons. The first-order valence-corrected chi connectivity index (χ1v) is 10.8. The van der Waals surface area contributed by atoms with Crippen LogP contribution in [0.1, 0.15) is 35.2 Å². The summed E-state index contributed by atoms with van der Waals surface area (Å²) in [6.45, 7) is 3.43. The minimum atomic E-state index is 0.0310. The number of aryl methyl sites for hydroxylation is 1. The number of piperidine rings is 1. The summed E-state index contributed by atoms with van der Waals surface area (Å²) in [5.41, 5.74) is 1.86. The zero-order chi connectivity index (χ0) is 19.3. The van der Waals surface area contributed by atoms with E-state index in [0.717, 1.165) is 40.9 Å². The van der Waals surface area contributed by atoms with Crippen molar-refractivity contribution < 1.29 is 4.79 Å². The summed E-state index contributed by atoms with van der Waals surface area (Å²) in [5.74, 6) is 0.955. The van der Waals surface area contributed by atoms with Crippen molar-refractivity contribution in [2.45, 2.75) is 25.7 Å². The number of nitrogens with one attached hydrogen (secondary N) is 1. The summed E-state index contributed by atoms with van der Waals surface area (Å²) in [4.78, 5) is 31.8. The molecule has 0 bridgehead atoms. The summed E-state index contributed by atoms with van der Waals surface area (Å²) in [5, 5.41) is 8.98. The Bertz CT molecular complexity index is 968. The molecule has 1 N–H and O–H groups in total. The summed E-state index contributed by atoms with van der Waals surface area (Å²) in [7, 11) is 0. The summed E-state index contributed by atoms with van der Waals surface area (Å²) >= 11 is 3.13. The Labute approximate surface area is 171 Å². The first-order valence-electron chi connectivity index (χ1n) is 9.05. The van der Waals surface area contributed by atoms with Crippen molar-refractivity contribution >= 4 is 45.6 Å². The van der Waals surface area contributed by atoms with E-state index < -0.39 is 0 Å². The molecular weight excluding hydrogens is 392 g/mol. The second-order valence-corrected chi connectivity index (χ2v) is 8.46. The van der Waals surface area contributed by atoms with E-state index in [9.17, 15) is 4.79 Å². The lowest BCUT2D eigenvalue weighted by molar-refractivity contribution is -0.127.